The fraction of sp³-hybridized carbons (Fsp3) is 0.364. The van der Waals surface area contributed by atoms with E-state index in [1.807, 2.05) is 6.92 Å². The van der Waals surface area contributed by atoms with E-state index in [0.29, 0.717) is 12.2 Å². The van der Waals surface area contributed by atoms with Gasteiger partial charge in [0.2, 0.25) is 11.6 Å². The summed E-state index contributed by atoms with van der Waals surface area (Å²) >= 11 is 0. The van der Waals surface area contributed by atoms with E-state index in [1.54, 1.807) is 6.07 Å². The van der Waals surface area contributed by atoms with Crippen LogP contribution in [0.25, 0.3) is 0 Å². The van der Waals surface area contributed by atoms with Crippen LogP contribution >= 0.6 is 0 Å². The number of anilines is 2. The highest BCUT2D eigenvalue weighted by Crippen LogP contribution is 2.28. The van der Waals surface area contributed by atoms with E-state index in [2.05, 4.69) is 30.3 Å². The molecule has 2 heterocycles. The van der Waals surface area contributed by atoms with E-state index in [9.17, 15) is 10.1 Å². The largest absolute Gasteiger partial charge is 0.364 e. The maximum atomic E-state index is 11.2. The zero-order chi connectivity index (χ0) is 14.4. The van der Waals surface area contributed by atoms with E-state index in [1.165, 1.54) is 12.6 Å². The van der Waals surface area contributed by atoms with Gasteiger partial charge < -0.3 is 15.2 Å². The van der Waals surface area contributed by atoms with Crippen molar-refractivity contribution >= 4 is 17.3 Å². The molecule has 0 unspecified atom stereocenters. The third-order valence-electron chi connectivity index (χ3n) is 2.48. The second-order valence-electron chi connectivity index (χ2n) is 3.95. The average molecular weight is 278 g/mol. The predicted molar refractivity (Wildman–Crippen MR) is 71.3 cm³/mol. The van der Waals surface area contributed by atoms with Crippen molar-refractivity contribution in [1.29, 1.82) is 0 Å². The van der Waals surface area contributed by atoms with Crippen LogP contribution < -0.4 is 10.6 Å². The maximum absolute atomic E-state index is 11.2. The van der Waals surface area contributed by atoms with Gasteiger partial charge >= 0.3 is 5.69 Å². The lowest BCUT2D eigenvalue weighted by molar-refractivity contribution is -0.383. The molecule has 9 heteroatoms. The standard InChI is InChI=1S/C11H14N6O3/c1-2-4-12-10-9(17(18)19)11(15-7-14-10)13-6-8-3-5-20-16-8/h3,5,7H,2,4,6H2,1H3,(H2,12,13,14,15). The number of nitro groups is 1. The zero-order valence-corrected chi connectivity index (χ0v) is 10.9. The Balaban J connectivity index is 2.20. The predicted octanol–water partition coefficient (Wildman–Crippen LogP) is 1.81. The molecular formula is C11H14N6O3. The lowest BCUT2D eigenvalue weighted by Crippen LogP contribution is -2.10. The van der Waals surface area contributed by atoms with Gasteiger partial charge in [0.1, 0.15) is 18.3 Å². The summed E-state index contributed by atoms with van der Waals surface area (Å²) < 4.78 is 4.69. The zero-order valence-electron chi connectivity index (χ0n) is 10.9. The molecule has 0 atom stereocenters. The van der Waals surface area contributed by atoms with Gasteiger partial charge in [0, 0.05) is 12.6 Å². The van der Waals surface area contributed by atoms with Crippen LogP contribution in [0.2, 0.25) is 0 Å². The van der Waals surface area contributed by atoms with Crippen molar-refractivity contribution in [2.24, 2.45) is 0 Å². The third-order valence-corrected chi connectivity index (χ3v) is 2.48. The van der Waals surface area contributed by atoms with Crippen LogP contribution in [0.15, 0.2) is 23.2 Å². The molecular weight excluding hydrogens is 264 g/mol. The molecule has 2 rings (SSSR count). The van der Waals surface area contributed by atoms with Gasteiger partial charge in [-0.15, -0.1) is 0 Å². The Labute approximate surface area is 114 Å². The van der Waals surface area contributed by atoms with Crippen LogP contribution in [0.4, 0.5) is 17.3 Å². The molecule has 106 valence electrons. The lowest BCUT2D eigenvalue weighted by Gasteiger charge is -2.08. The summed E-state index contributed by atoms with van der Waals surface area (Å²) in [5, 5.41) is 20.7. The van der Waals surface area contributed by atoms with Crippen molar-refractivity contribution in [3.63, 3.8) is 0 Å². The van der Waals surface area contributed by atoms with Crippen molar-refractivity contribution in [3.8, 4) is 0 Å². The number of nitrogens with one attached hydrogen (secondary N) is 2. The highest BCUT2D eigenvalue weighted by molar-refractivity contribution is 5.69. The fourth-order valence-corrected chi connectivity index (χ4v) is 1.56. The van der Waals surface area contributed by atoms with Gasteiger partial charge in [0.25, 0.3) is 0 Å². The monoisotopic (exact) mass is 278 g/mol. The summed E-state index contributed by atoms with van der Waals surface area (Å²) in [7, 11) is 0. The highest BCUT2D eigenvalue weighted by Gasteiger charge is 2.22. The number of nitrogens with zero attached hydrogens (tertiary/aromatic N) is 4. The molecule has 0 bridgehead atoms. The van der Waals surface area contributed by atoms with E-state index in [0.717, 1.165) is 6.42 Å². The Morgan fingerprint density at radius 3 is 2.70 bits per heavy atom. The average Bonchev–Trinajstić information content (AvgIpc) is 2.95. The summed E-state index contributed by atoms with van der Waals surface area (Å²) in [6, 6.07) is 1.66. The van der Waals surface area contributed by atoms with Gasteiger partial charge in [-0.3, -0.25) is 10.1 Å². The first kappa shape index (κ1) is 13.7. The summed E-state index contributed by atoms with van der Waals surface area (Å²) in [5.41, 5.74) is 0.449. The second-order valence-corrected chi connectivity index (χ2v) is 3.95. The molecule has 0 saturated heterocycles. The van der Waals surface area contributed by atoms with Gasteiger partial charge in [-0.2, -0.15) is 0 Å². The van der Waals surface area contributed by atoms with Crippen molar-refractivity contribution < 1.29 is 9.45 Å². The molecule has 0 saturated carbocycles. The quantitative estimate of drug-likeness (QED) is 0.581. The van der Waals surface area contributed by atoms with Gasteiger partial charge in [-0.1, -0.05) is 12.1 Å². The van der Waals surface area contributed by atoms with Crippen LogP contribution in [0.3, 0.4) is 0 Å². The van der Waals surface area contributed by atoms with Gasteiger partial charge in [0.15, 0.2) is 0 Å². The van der Waals surface area contributed by atoms with E-state index >= 15 is 0 Å². The van der Waals surface area contributed by atoms with Crippen LogP contribution in [-0.4, -0.2) is 26.6 Å². The van der Waals surface area contributed by atoms with Crippen LogP contribution in [0, 0.1) is 10.1 Å². The number of hydrogen-bond acceptors (Lipinski definition) is 8. The molecule has 0 aromatic carbocycles. The Kier molecular flexibility index (Phi) is 4.43. The first-order chi connectivity index (χ1) is 9.72. The molecule has 2 N–H and O–H groups in total. The van der Waals surface area contributed by atoms with Crippen molar-refractivity contribution in [3.05, 3.63) is 34.5 Å². The van der Waals surface area contributed by atoms with Crippen LogP contribution in [0.5, 0.6) is 0 Å². The van der Waals surface area contributed by atoms with Gasteiger partial charge in [-0.25, -0.2) is 9.97 Å². The minimum absolute atomic E-state index is 0.145. The molecule has 0 radical (unpaired) electrons. The first-order valence-corrected chi connectivity index (χ1v) is 6.08. The van der Waals surface area contributed by atoms with E-state index < -0.39 is 4.92 Å². The lowest BCUT2D eigenvalue weighted by atomic mass is 10.3. The van der Waals surface area contributed by atoms with Gasteiger partial charge in [0.05, 0.1) is 11.5 Å². The second kappa shape index (κ2) is 6.45. The third kappa shape index (κ3) is 3.19. The Bertz CT molecular complexity index is 572. The number of hydrogen-bond donors (Lipinski definition) is 2. The number of aromatic nitrogens is 3. The van der Waals surface area contributed by atoms with Crippen molar-refractivity contribution in [1.82, 2.24) is 15.1 Å². The summed E-state index contributed by atoms with van der Waals surface area (Å²) in [6.45, 7) is 2.84. The smallest absolute Gasteiger partial charge is 0.353 e. The van der Waals surface area contributed by atoms with Crippen molar-refractivity contribution in [2.45, 2.75) is 19.9 Å². The molecule has 2 aromatic heterocycles. The summed E-state index contributed by atoms with van der Waals surface area (Å²) in [6.07, 6.45) is 3.54. The minimum Gasteiger partial charge on any atom is -0.364 e. The molecule has 9 nitrogen and oxygen atoms in total. The first-order valence-electron chi connectivity index (χ1n) is 6.08. The molecule has 20 heavy (non-hydrogen) atoms. The topological polar surface area (TPSA) is 119 Å². The molecule has 0 aliphatic carbocycles. The van der Waals surface area contributed by atoms with E-state index in [4.69, 9.17) is 0 Å². The van der Waals surface area contributed by atoms with Gasteiger partial charge in [-0.05, 0) is 6.42 Å². The van der Waals surface area contributed by atoms with E-state index in [-0.39, 0.29) is 23.9 Å². The SMILES string of the molecule is CCCNc1ncnc(NCc2ccon2)c1[N+](=O)[O-]. The molecule has 0 amide bonds. The fourth-order valence-electron chi connectivity index (χ4n) is 1.56. The molecule has 0 fully saturated rings. The Hall–Kier alpha value is -2.71. The normalized spacial score (nSPS) is 10.2. The summed E-state index contributed by atoms with van der Waals surface area (Å²) in [5.74, 6) is 0.348. The maximum Gasteiger partial charge on any atom is 0.353 e. The molecule has 0 spiro atoms. The van der Waals surface area contributed by atoms with Crippen LogP contribution in [-0.2, 0) is 6.54 Å². The summed E-state index contributed by atoms with van der Waals surface area (Å²) in [4.78, 5) is 18.5. The van der Waals surface area contributed by atoms with Crippen LogP contribution in [0.1, 0.15) is 19.0 Å². The Morgan fingerprint density at radius 1 is 1.35 bits per heavy atom. The Morgan fingerprint density at radius 2 is 2.10 bits per heavy atom. The molecule has 0 aliphatic heterocycles. The highest BCUT2D eigenvalue weighted by atomic mass is 16.6. The molecule has 0 aliphatic rings. The van der Waals surface area contributed by atoms with Crippen molar-refractivity contribution in [2.75, 3.05) is 17.2 Å². The molecule has 2 aromatic rings. The number of rotatable bonds is 7. The minimum atomic E-state index is -0.511.